The summed E-state index contributed by atoms with van der Waals surface area (Å²) in [5.74, 6) is 0.724. The number of hydrogen-bond acceptors (Lipinski definition) is 6. The Hall–Kier alpha value is -2.61. The van der Waals surface area contributed by atoms with Crippen molar-refractivity contribution in [2.75, 3.05) is 29.9 Å². The molecular weight excluding hydrogens is 364 g/mol. The van der Waals surface area contributed by atoms with Gasteiger partial charge in [-0.1, -0.05) is 23.5 Å². The van der Waals surface area contributed by atoms with Gasteiger partial charge in [0.25, 0.3) is 5.91 Å². The molecule has 3 N–H and O–H groups in total. The highest BCUT2D eigenvalue weighted by molar-refractivity contribution is 7.16. The van der Waals surface area contributed by atoms with Crippen molar-refractivity contribution in [3.8, 4) is 5.75 Å². The van der Waals surface area contributed by atoms with Crippen LogP contribution in [-0.2, 0) is 9.59 Å². The van der Waals surface area contributed by atoms with Gasteiger partial charge >= 0.3 is 0 Å². The van der Waals surface area contributed by atoms with Crippen LogP contribution in [-0.4, -0.2) is 36.5 Å². The Labute approximate surface area is 161 Å². The lowest BCUT2D eigenvalue weighted by molar-refractivity contribution is -0.120. The van der Waals surface area contributed by atoms with Crippen LogP contribution in [0.3, 0.4) is 0 Å². The van der Waals surface area contributed by atoms with Gasteiger partial charge in [-0.05, 0) is 37.0 Å². The predicted molar refractivity (Wildman–Crippen MR) is 104 cm³/mol. The topological polar surface area (TPSA) is 97.6 Å². The molecule has 7 nitrogen and oxygen atoms in total. The Bertz CT molecular complexity index is 843. The summed E-state index contributed by atoms with van der Waals surface area (Å²) in [4.78, 5) is 31.2. The number of rotatable bonds is 5. The first-order valence-electron chi connectivity index (χ1n) is 9.17. The van der Waals surface area contributed by atoms with E-state index in [9.17, 15) is 9.59 Å². The maximum absolute atomic E-state index is 12.2. The van der Waals surface area contributed by atoms with Crippen LogP contribution in [0, 0.1) is 0 Å². The molecular formula is C19H22N4O3S. The minimum absolute atomic E-state index is 0.0166. The Morgan fingerprint density at radius 3 is 2.70 bits per heavy atom. The summed E-state index contributed by atoms with van der Waals surface area (Å²) in [6.07, 6.45) is 4.04. The molecule has 0 aliphatic carbocycles. The molecule has 3 heterocycles. The molecule has 0 bridgehead atoms. The first-order chi connectivity index (χ1) is 13.1. The van der Waals surface area contributed by atoms with Crippen molar-refractivity contribution >= 4 is 34.1 Å². The van der Waals surface area contributed by atoms with Crippen LogP contribution in [0.1, 0.15) is 42.0 Å². The number of nitrogens with one attached hydrogen (secondary N) is 1. The van der Waals surface area contributed by atoms with Gasteiger partial charge in [0.1, 0.15) is 11.6 Å². The quantitative estimate of drug-likeness (QED) is 0.823. The Morgan fingerprint density at radius 2 is 2.00 bits per heavy atom. The van der Waals surface area contributed by atoms with Crippen LogP contribution in [0.25, 0.3) is 0 Å². The number of nitrogens with two attached hydrogens (primary N) is 1. The molecule has 8 heteroatoms. The van der Waals surface area contributed by atoms with E-state index in [0.29, 0.717) is 18.0 Å². The number of carbonyl (C=O) groups excluding carboxylic acids is 2. The number of primary amides is 1. The van der Waals surface area contributed by atoms with Gasteiger partial charge in [0.15, 0.2) is 11.7 Å². The smallest absolute Gasteiger partial charge is 0.255 e. The number of benzene rings is 1. The van der Waals surface area contributed by atoms with Crippen molar-refractivity contribution in [2.24, 2.45) is 5.73 Å². The van der Waals surface area contributed by atoms with Gasteiger partial charge in [-0.25, -0.2) is 4.98 Å². The summed E-state index contributed by atoms with van der Waals surface area (Å²) < 4.78 is 5.31. The lowest BCUT2D eigenvalue weighted by Crippen LogP contribution is -2.29. The molecule has 27 heavy (non-hydrogen) atoms. The van der Waals surface area contributed by atoms with Crippen LogP contribution in [0.4, 0.5) is 10.9 Å². The Balaban J connectivity index is 1.58. The highest BCUT2D eigenvalue weighted by Gasteiger charge is 2.31. The van der Waals surface area contributed by atoms with E-state index in [0.717, 1.165) is 28.7 Å². The van der Waals surface area contributed by atoms with Gasteiger partial charge in [0.2, 0.25) is 5.91 Å². The number of anilines is 2. The molecule has 142 valence electrons. The van der Waals surface area contributed by atoms with Crippen LogP contribution in [0.5, 0.6) is 5.75 Å². The van der Waals surface area contributed by atoms with Crippen LogP contribution >= 0.6 is 11.3 Å². The SMILES string of the molecule is NC(=O)COc1ccc([C@H]2CC(=O)Nc3nc(N4CCCCC4)sc32)cc1. The van der Waals surface area contributed by atoms with E-state index in [1.807, 2.05) is 12.1 Å². The summed E-state index contributed by atoms with van der Waals surface area (Å²) in [6, 6.07) is 7.47. The number of carbonyl (C=O) groups is 2. The first kappa shape index (κ1) is 17.8. The standard InChI is InChI=1S/C19H22N4O3S/c20-15(24)11-26-13-6-4-12(5-7-13)14-10-16(25)21-18-17(14)27-19(22-18)23-8-2-1-3-9-23/h4-7,14H,1-3,8-11H2,(H2,20,24)(H,21,25)/t14-/m1/s1. The lowest BCUT2D eigenvalue weighted by atomic mass is 9.91. The molecule has 0 radical (unpaired) electrons. The third kappa shape index (κ3) is 3.90. The number of hydrogen-bond donors (Lipinski definition) is 2. The summed E-state index contributed by atoms with van der Waals surface area (Å²) in [5.41, 5.74) is 6.14. The Morgan fingerprint density at radius 1 is 1.26 bits per heavy atom. The van der Waals surface area contributed by atoms with Crippen molar-refractivity contribution in [3.63, 3.8) is 0 Å². The molecule has 2 aliphatic heterocycles. The van der Waals surface area contributed by atoms with E-state index in [4.69, 9.17) is 15.5 Å². The van der Waals surface area contributed by atoms with Crippen LogP contribution in [0.15, 0.2) is 24.3 Å². The Kier molecular flexibility index (Phi) is 4.98. The second-order valence-electron chi connectivity index (χ2n) is 6.89. The third-order valence-electron chi connectivity index (χ3n) is 4.90. The number of amides is 2. The van der Waals surface area contributed by atoms with Gasteiger partial charge in [-0.2, -0.15) is 0 Å². The highest BCUT2D eigenvalue weighted by atomic mass is 32.1. The zero-order chi connectivity index (χ0) is 18.8. The van der Waals surface area contributed by atoms with E-state index in [1.54, 1.807) is 23.5 Å². The van der Waals surface area contributed by atoms with Crippen LogP contribution in [0.2, 0.25) is 0 Å². The maximum Gasteiger partial charge on any atom is 0.255 e. The molecule has 4 rings (SSSR count). The third-order valence-corrected chi connectivity index (χ3v) is 6.13. The largest absolute Gasteiger partial charge is 0.484 e. The molecule has 1 fully saturated rings. The number of aromatic nitrogens is 1. The number of fused-ring (bicyclic) bond motifs is 1. The summed E-state index contributed by atoms with van der Waals surface area (Å²) in [5, 5.41) is 3.91. The van der Waals surface area contributed by atoms with E-state index >= 15 is 0 Å². The van der Waals surface area contributed by atoms with Crippen molar-refractivity contribution in [1.82, 2.24) is 4.98 Å². The molecule has 1 atom stereocenters. The van der Waals surface area contributed by atoms with Gasteiger partial charge in [-0.15, -0.1) is 0 Å². The highest BCUT2D eigenvalue weighted by Crippen LogP contribution is 2.43. The molecule has 0 unspecified atom stereocenters. The normalized spacial score (nSPS) is 19.3. The minimum atomic E-state index is -0.512. The van der Waals surface area contributed by atoms with E-state index in [1.165, 1.54) is 19.3 Å². The average molecular weight is 386 g/mol. The fraction of sp³-hybridized carbons (Fsp3) is 0.421. The van der Waals surface area contributed by atoms with Gasteiger partial charge in [0.05, 0.1) is 4.88 Å². The fourth-order valence-electron chi connectivity index (χ4n) is 3.55. The monoisotopic (exact) mass is 386 g/mol. The first-order valence-corrected chi connectivity index (χ1v) is 9.98. The van der Waals surface area contributed by atoms with Gasteiger partial charge < -0.3 is 20.7 Å². The number of nitrogens with zero attached hydrogens (tertiary/aromatic N) is 2. The van der Waals surface area contributed by atoms with Crippen molar-refractivity contribution < 1.29 is 14.3 Å². The zero-order valence-corrected chi connectivity index (χ0v) is 15.8. The maximum atomic E-state index is 12.2. The second kappa shape index (κ2) is 7.56. The van der Waals surface area contributed by atoms with E-state index in [-0.39, 0.29) is 18.4 Å². The number of ether oxygens (including phenoxy) is 1. The molecule has 0 saturated carbocycles. The molecule has 2 aliphatic rings. The second-order valence-corrected chi connectivity index (χ2v) is 7.90. The van der Waals surface area contributed by atoms with Crippen molar-refractivity contribution in [1.29, 1.82) is 0 Å². The summed E-state index contributed by atoms with van der Waals surface area (Å²) in [6.45, 7) is 1.90. The molecule has 0 spiro atoms. The van der Waals surface area contributed by atoms with E-state index in [2.05, 4.69) is 10.2 Å². The van der Waals surface area contributed by atoms with Crippen LogP contribution < -0.4 is 20.7 Å². The molecule has 1 aromatic carbocycles. The molecule has 2 amide bonds. The fourth-order valence-corrected chi connectivity index (χ4v) is 4.75. The van der Waals surface area contributed by atoms with Crippen molar-refractivity contribution in [3.05, 3.63) is 34.7 Å². The predicted octanol–water partition coefficient (Wildman–Crippen LogP) is 2.47. The number of thiazole rings is 1. The molecule has 1 aromatic heterocycles. The summed E-state index contributed by atoms with van der Waals surface area (Å²) >= 11 is 1.67. The van der Waals surface area contributed by atoms with Crippen molar-refractivity contribution in [2.45, 2.75) is 31.6 Å². The molecule has 2 aromatic rings. The van der Waals surface area contributed by atoms with E-state index < -0.39 is 5.91 Å². The lowest BCUT2D eigenvalue weighted by Gasteiger charge is -2.25. The number of piperidine rings is 1. The van der Waals surface area contributed by atoms with Gasteiger partial charge in [-0.3, -0.25) is 9.59 Å². The minimum Gasteiger partial charge on any atom is -0.484 e. The summed E-state index contributed by atoms with van der Waals surface area (Å²) in [7, 11) is 0. The molecule has 1 saturated heterocycles. The zero-order valence-electron chi connectivity index (χ0n) is 14.9. The van der Waals surface area contributed by atoms with Gasteiger partial charge in [0, 0.05) is 25.4 Å². The average Bonchev–Trinajstić information content (AvgIpc) is 3.11.